The van der Waals surface area contributed by atoms with Crippen molar-refractivity contribution >= 4 is 23.8 Å². The zero-order valence-electron chi connectivity index (χ0n) is 20.7. The number of piperidine rings is 1. The predicted octanol–water partition coefficient (Wildman–Crippen LogP) is 3.02. The maximum Gasteiger partial charge on any atom is 0.251 e. The van der Waals surface area contributed by atoms with Gasteiger partial charge in [0.15, 0.2) is 0 Å². The molecule has 2 aliphatic heterocycles. The highest BCUT2D eigenvalue weighted by Crippen LogP contribution is 2.41. The summed E-state index contributed by atoms with van der Waals surface area (Å²) in [7, 11) is 1.87. The van der Waals surface area contributed by atoms with Crippen molar-refractivity contribution in [3.8, 4) is 0 Å². The number of anilines is 1. The quantitative estimate of drug-likeness (QED) is 0.585. The number of carbonyl (C=O) groups excluding carboxylic acids is 3. The zero-order chi connectivity index (χ0) is 24.1. The first-order valence-electron chi connectivity index (χ1n) is 11.8. The molecule has 2 amide bonds. The van der Waals surface area contributed by atoms with Crippen LogP contribution in [0.5, 0.6) is 0 Å². The number of nitrogens with one attached hydrogen (secondary N) is 3. The van der Waals surface area contributed by atoms with Gasteiger partial charge in [-0.25, -0.2) is 0 Å². The van der Waals surface area contributed by atoms with Gasteiger partial charge in [-0.1, -0.05) is 33.3 Å². The Morgan fingerprint density at radius 2 is 1.94 bits per heavy atom. The van der Waals surface area contributed by atoms with E-state index in [2.05, 4.69) is 29.8 Å². The lowest BCUT2D eigenvalue weighted by Crippen LogP contribution is -2.45. The molecule has 1 unspecified atom stereocenters. The van der Waals surface area contributed by atoms with Crippen LogP contribution in [0.25, 0.3) is 0 Å². The van der Waals surface area contributed by atoms with Gasteiger partial charge in [0.05, 0.1) is 5.41 Å². The first kappa shape index (κ1) is 27.8. The van der Waals surface area contributed by atoms with Gasteiger partial charge in [-0.2, -0.15) is 0 Å². The normalized spacial score (nSPS) is 18.5. The maximum absolute atomic E-state index is 12.8. The van der Waals surface area contributed by atoms with E-state index in [-0.39, 0.29) is 17.9 Å². The van der Waals surface area contributed by atoms with E-state index < -0.39 is 5.41 Å². The highest BCUT2D eigenvalue weighted by Gasteiger charge is 2.43. The summed E-state index contributed by atoms with van der Waals surface area (Å²) < 4.78 is 0. The molecule has 0 aliphatic carbocycles. The Kier molecular flexibility index (Phi) is 12.2. The topological polar surface area (TPSA) is 90.5 Å². The summed E-state index contributed by atoms with van der Waals surface area (Å²) in [4.78, 5) is 36.4. The monoisotopic (exact) mass is 446 g/mol. The van der Waals surface area contributed by atoms with Gasteiger partial charge in [-0.15, -0.1) is 0 Å². The fourth-order valence-electron chi connectivity index (χ4n) is 3.68. The average Bonchev–Trinajstić information content (AvgIpc) is 2.98. The summed E-state index contributed by atoms with van der Waals surface area (Å²) in [6, 6.07) is 5.80. The largest absolute Gasteiger partial charge is 0.348 e. The van der Waals surface area contributed by atoms with E-state index in [0.29, 0.717) is 25.1 Å². The number of likely N-dealkylation sites (N-methyl/N-ethyl adjacent to an activating group) is 1. The van der Waals surface area contributed by atoms with Crippen molar-refractivity contribution in [1.29, 1.82) is 0 Å². The van der Waals surface area contributed by atoms with Crippen LogP contribution in [-0.4, -0.2) is 57.4 Å². The lowest BCUT2D eigenvalue weighted by Gasteiger charge is -2.24. The molecule has 0 saturated carbocycles. The molecule has 0 radical (unpaired) electrons. The van der Waals surface area contributed by atoms with E-state index >= 15 is 0 Å². The van der Waals surface area contributed by atoms with Crippen LogP contribution in [0, 0.1) is 0 Å². The molecule has 1 saturated heterocycles. The molecule has 2 heterocycles. The summed E-state index contributed by atoms with van der Waals surface area (Å²) in [6.45, 7) is 13.1. The van der Waals surface area contributed by atoms with Gasteiger partial charge >= 0.3 is 0 Å². The SMILES string of the molecule is CCC.CCC=O.CNCCN1C(=O)C(C)(C)c2ccc(C(=O)NC3CCCNC3)cc21. The molecule has 7 heteroatoms. The molecule has 1 aromatic rings. The summed E-state index contributed by atoms with van der Waals surface area (Å²) in [5.41, 5.74) is 1.92. The van der Waals surface area contributed by atoms with Gasteiger partial charge < -0.3 is 25.6 Å². The number of rotatable bonds is 6. The van der Waals surface area contributed by atoms with E-state index in [0.717, 1.165) is 43.5 Å². The van der Waals surface area contributed by atoms with E-state index in [9.17, 15) is 14.4 Å². The Hall–Kier alpha value is -2.25. The van der Waals surface area contributed by atoms with Crippen molar-refractivity contribution in [2.75, 3.05) is 38.1 Å². The third-order valence-electron chi connectivity index (χ3n) is 5.39. The Balaban J connectivity index is 0.000000645. The molecule has 2 aliphatic rings. The summed E-state index contributed by atoms with van der Waals surface area (Å²) in [5, 5.41) is 9.49. The second kappa shape index (κ2) is 14.0. The van der Waals surface area contributed by atoms with E-state index in [1.165, 1.54) is 6.42 Å². The molecule has 0 bridgehead atoms. The number of carbonyl (C=O) groups is 3. The summed E-state index contributed by atoms with van der Waals surface area (Å²) >= 11 is 0. The lowest BCUT2D eigenvalue weighted by molar-refractivity contribution is -0.122. The molecule has 7 nitrogen and oxygen atoms in total. The minimum atomic E-state index is -0.550. The zero-order valence-corrected chi connectivity index (χ0v) is 20.7. The van der Waals surface area contributed by atoms with Crippen LogP contribution in [0.3, 0.4) is 0 Å². The number of hydrogen-bond acceptors (Lipinski definition) is 5. The number of nitrogens with zero attached hydrogens (tertiary/aromatic N) is 1. The van der Waals surface area contributed by atoms with Crippen molar-refractivity contribution in [2.24, 2.45) is 0 Å². The van der Waals surface area contributed by atoms with E-state index in [4.69, 9.17) is 0 Å². The molecular formula is C25H42N4O3. The highest BCUT2D eigenvalue weighted by molar-refractivity contribution is 6.09. The lowest BCUT2D eigenvalue weighted by atomic mass is 9.86. The predicted molar refractivity (Wildman–Crippen MR) is 131 cm³/mol. The molecule has 0 spiro atoms. The fraction of sp³-hybridized carbons (Fsp3) is 0.640. The molecule has 3 N–H and O–H groups in total. The maximum atomic E-state index is 12.8. The number of aldehydes is 1. The van der Waals surface area contributed by atoms with Gasteiger partial charge in [0.2, 0.25) is 5.91 Å². The molecule has 0 aromatic heterocycles. The second-order valence-electron chi connectivity index (χ2n) is 8.72. The van der Waals surface area contributed by atoms with Crippen molar-refractivity contribution in [3.63, 3.8) is 0 Å². The smallest absolute Gasteiger partial charge is 0.251 e. The number of fused-ring (bicyclic) bond motifs is 1. The number of hydrogen-bond donors (Lipinski definition) is 3. The molecular weight excluding hydrogens is 404 g/mol. The van der Waals surface area contributed by atoms with Gasteiger partial charge in [0.1, 0.15) is 6.29 Å². The van der Waals surface area contributed by atoms with Crippen LogP contribution in [0.4, 0.5) is 5.69 Å². The Bertz CT molecular complexity index is 743. The number of benzene rings is 1. The summed E-state index contributed by atoms with van der Waals surface area (Å²) in [5.74, 6) is 0.0222. The third-order valence-corrected chi connectivity index (χ3v) is 5.39. The summed E-state index contributed by atoms with van der Waals surface area (Å²) in [6.07, 6.45) is 4.85. The standard InChI is InChI=1S/C19H28N4O2.C3H6O.C3H8/c1-19(2)15-7-6-13(17(24)22-14-5-4-8-21-12-14)11-16(15)23(18(19)25)10-9-20-3;1-2-3-4;1-3-2/h6-7,11,14,20-21H,4-5,8-10,12H2,1-3H3,(H,22,24);3H,2H2,1H3;3H2,1-2H3. The molecule has 180 valence electrons. The van der Waals surface area contributed by atoms with Gasteiger partial charge in [-0.05, 0) is 58.0 Å². The molecule has 32 heavy (non-hydrogen) atoms. The minimum absolute atomic E-state index is 0.0674. The number of amides is 2. The van der Waals surface area contributed by atoms with Crippen molar-refractivity contribution in [3.05, 3.63) is 29.3 Å². The van der Waals surface area contributed by atoms with Crippen molar-refractivity contribution in [2.45, 2.75) is 71.8 Å². The van der Waals surface area contributed by atoms with Crippen LogP contribution >= 0.6 is 0 Å². The van der Waals surface area contributed by atoms with Crippen LogP contribution in [0.15, 0.2) is 18.2 Å². The van der Waals surface area contributed by atoms with E-state index in [1.54, 1.807) is 4.90 Å². The second-order valence-corrected chi connectivity index (χ2v) is 8.72. The Labute approximate surface area is 193 Å². The van der Waals surface area contributed by atoms with Crippen LogP contribution in [-0.2, 0) is 15.0 Å². The van der Waals surface area contributed by atoms with Crippen molar-refractivity contribution < 1.29 is 14.4 Å². The fourth-order valence-corrected chi connectivity index (χ4v) is 3.68. The van der Waals surface area contributed by atoms with Gasteiger partial charge in [0.25, 0.3) is 5.91 Å². The van der Waals surface area contributed by atoms with Crippen LogP contribution < -0.4 is 20.9 Å². The third kappa shape index (κ3) is 7.41. The highest BCUT2D eigenvalue weighted by atomic mass is 16.2. The molecule has 3 rings (SSSR count). The molecule has 1 atom stereocenters. The molecule has 1 fully saturated rings. The van der Waals surface area contributed by atoms with Gasteiger partial charge in [0, 0.05) is 43.3 Å². The first-order chi connectivity index (χ1) is 15.3. The minimum Gasteiger partial charge on any atom is -0.348 e. The van der Waals surface area contributed by atoms with Crippen LogP contribution in [0.1, 0.15) is 76.2 Å². The average molecular weight is 447 g/mol. The first-order valence-corrected chi connectivity index (χ1v) is 11.8. The van der Waals surface area contributed by atoms with E-state index in [1.807, 2.05) is 46.0 Å². The van der Waals surface area contributed by atoms with Gasteiger partial charge in [-0.3, -0.25) is 9.59 Å². The molecule has 1 aromatic carbocycles. The van der Waals surface area contributed by atoms with Crippen molar-refractivity contribution in [1.82, 2.24) is 16.0 Å². The Morgan fingerprint density at radius 3 is 2.47 bits per heavy atom. The van der Waals surface area contributed by atoms with Crippen LogP contribution in [0.2, 0.25) is 0 Å². The Morgan fingerprint density at radius 1 is 1.28 bits per heavy atom.